The van der Waals surface area contributed by atoms with Crippen LogP contribution in [0.2, 0.25) is 0 Å². The Morgan fingerprint density at radius 1 is 1.20 bits per heavy atom. The number of carboxylic acid groups (broad SMARTS) is 1. The number of rotatable bonds is 10. The van der Waals surface area contributed by atoms with Gasteiger partial charge in [0.2, 0.25) is 5.95 Å². The standard InChI is InChI=1S/C19H22N6O3S2/c1-25(11-16(26)27)17(28)12-4-5-14-15(8-12)30-19(24-14)21-7-3-6-20-18-22-9-13(29-2)10-23-18/h4-5,8-10H,3,6-7,11H2,1-2H3,(H,21,24)(H,26,27)(H,20,22,23). The molecule has 3 aromatic rings. The molecule has 0 atom stereocenters. The zero-order chi connectivity index (χ0) is 21.5. The third kappa shape index (κ3) is 5.80. The van der Waals surface area contributed by atoms with E-state index in [0.717, 1.165) is 39.8 Å². The average molecular weight is 447 g/mol. The first-order valence-electron chi connectivity index (χ1n) is 9.18. The molecule has 0 saturated heterocycles. The van der Waals surface area contributed by atoms with Crippen LogP contribution in [-0.4, -0.2) is 69.8 Å². The van der Waals surface area contributed by atoms with Gasteiger partial charge < -0.3 is 20.6 Å². The molecular weight excluding hydrogens is 424 g/mol. The van der Waals surface area contributed by atoms with Crippen molar-refractivity contribution in [3.8, 4) is 0 Å². The highest BCUT2D eigenvalue weighted by molar-refractivity contribution is 7.98. The van der Waals surface area contributed by atoms with Crippen molar-refractivity contribution in [1.29, 1.82) is 0 Å². The molecule has 0 fully saturated rings. The van der Waals surface area contributed by atoms with E-state index in [1.807, 2.05) is 6.26 Å². The van der Waals surface area contributed by atoms with Crippen LogP contribution in [0.4, 0.5) is 11.1 Å². The molecule has 0 saturated carbocycles. The van der Waals surface area contributed by atoms with E-state index in [1.54, 1.807) is 42.4 Å². The van der Waals surface area contributed by atoms with Crippen molar-refractivity contribution in [2.45, 2.75) is 11.3 Å². The van der Waals surface area contributed by atoms with Crippen LogP contribution in [0.3, 0.4) is 0 Å². The van der Waals surface area contributed by atoms with E-state index in [0.29, 0.717) is 11.5 Å². The monoisotopic (exact) mass is 446 g/mol. The lowest BCUT2D eigenvalue weighted by Gasteiger charge is -2.14. The van der Waals surface area contributed by atoms with E-state index in [9.17, 15) is 9.59 Å². The number of benzene rings is 1. The van der Waals surface area contributed by atoms with Crippen molar-refractivity contribution in [3.05, 3.63) is 36.2 Å². The summed E-state index contributed by atoms with van der Waals surface area (Å²) < 4.78 is 0.868. The molecule has 1 amide bonds. The van der Waals surface area contributed by atoms with Gasteiger partial charge in [-0.15, -0.1) is 11.8 Å². The van der Waals surface area contributed by atoms with Gasteiger partial charge in [0.1, 0.15) is 6.54 Å². The second-order valence-corrected chi connectivity index (χ2v) is 8.32. The predicted molar refractivity (Wildman–Crippen MR) is 120 cm³/mol. The van der Waals surface area contributed by atoms with Gasteiger partial charge >= 0.3 is 5.97 Å². The zero-order valence-corrected chi connectivity index (χ0v) is 18.2. The number of aromatic nitrogens is 3. The fraction of sp³-hybridized carbons (Fsp3) is 0.316. The van der Waals surface area contributed by atoms with Crippen molar-refractivity contribution < 1.29 is 14.7 Å². The minimum atomic E-state index is -1.05. The third-order valence-corrected chi connectivity index (χ3v) is 5.79. The maximum atomic E-state index is 12.3. The Labute approximate surface area is 181 Å². The van der Waals surface area contributed by atoms with Crippen molar-refractivity contribution >= 4 is 56.3 Å². The molecule has 30 heavy (non-hydrogen) atoms. The number of carboxylic acids is 1. The molecule has 0 aliphatic carbocycles. The fourth-order valence-corrected chi connectivity index (χ4v) is 3.87. The van der Waals surface area contributed by atoms with Crippen LogP contribution in [0, 0.1) is 0 Å². The van der Waals surface area contributed by atoms with Crippen molar-refractivity contribution in [2.75, 3.05) is 43.6 Å². The molecule has 1 aromatic carbocycles. The van der Waals surface area contributed by atoms with Crippen LogP contribution in [-0.2, 0) is 4.79 Å². The Hall–Kier alpha value is -2.92. The number of nitrogens with one attached hydrogen (secondary N) is 2. The fourth-order valence-electron chi connectivity index (χ4n) is 2.63. The normalized spacial score (nSPS) is 10.7. The zero-order valence-electron chi connectivity index (χ0n) is 16.6. The van der Waals surface area contributed by atoms with E-state index in [-0.39, 0.29) is 12.5 Å². The minimum Gasteiger partial charge on any atom is -0.480 e. The molecule has 3 rings (SSSR count). The number of amides is 1. The largest absolute Gasteiger partial charge is 0.480 e. The summed E-state index contributed by atoms with van der Waals surface area (Å²) >= 11 is 3.06. The number of fused-ring (bicyclic) bond motifs is 1. The predicted octanol–water partition coefficient (Wildman–Crippen LogP) is 2.88. The smallest absolute Gasteiger partial charge is 0.323 e. The van der Waals surface area contributed by atoms with E-state index >= 15 is 0 Å². The highest BCUT2D eigenvalue weighted by atomic mass is 32.2. The molecular formula is C19H22N6O3S2. The summed E-state index contributed by atoms with van der Waals surface area (Å²) in [5.74, 6) is -0.770. The highest BCUT2D eigenvalue weighted by Crippen LogP contribution is 2.27. The van der Waals surface area contributed by atoms with Crippen LogP contribution >= 0.6 is 23.1 Å². The van der Waals surface area contributed by atoms with Gasteiger partial charge in [-0.3, -0.25) is 9.59 Å². The molecule has 0 aliphatic heterocycles. The van der Waals surface area contributed by atoms with Gasteiger partial charge in [-0.05, 0) is 30.9 Å². The molecule has 0 radical (unpaired) electrons. The van der Waals surface area contributed by atoms with Crippen LogP contribution in [0.5, 0.6) is 0 Å². The van der Waals surface area contributed by atoms with Crippen molar-refractivity contribution in [1.82, 2.24) is 19.9 Å². The SMILES string of the molecule is CSc1cnc(NCCCNc2nc3ccc(C(=O)N(C)CC(=O)O)cc3s2)nc1. The van der Waals surface area contributed by atoms with E-state index < -0.39 is 5.97 Å². The van der Waals surface area contributed by atoms with Gasteiger partial charge in [-0.1, -0.05) is 11.3 Å². The van der Waals surface area contributed by atoms with Crippen molar-refractivity contribution in [2.24, 2.45) is 0 Å². The average Bonchev–Trinajstić information content (AvgIpc) is 3.14. The van der Waals surface area contributed by atoms with Crippen LogP contribution in [0.25, 0.3) is 10.2 Å². The van der Waals surface area contributed by atoms with Gasteiger partial charge in [-0.25, -0.2) is 15.0 Å². The quantitative estimate of drug-likeness (QED) is 0.319. The Balaban J connectivity index is 1.50. The van der Waals surface area contributed by atoms with Gasteiger partial charge in [0.15, 0.2) is 5.13 Å². The van der Waals surface area contributed by atoms with Gasteiger partial charge in [0.05, 0.1) is 10.2 Å². The topological polar surface area (TPSA) is 120 Å². The number of hydrogen-bond acceptors (Lipinski definition) is 9. The number of carbonyl (C=O) groups is 2. The first-order chi connectivity index (χ1) is 14.5. The molecule has 0 bridgehead atoms. The van der Waals surface area contributed by atoms with E-state index in [1.165, 1.54) is 23.3 Å². The van der Waals surface area contributed by atoms with Gasteiger partial charge in [0, 0.05) is 43.0 Å². The molecule has 9 nitrogen and oxygen atoms in total. The van der Waals surface area contributed by atoms with Crippen LogP contribution < -0.4 is 10.6 Å². The summed E-state index contributed by atoms with van der Waals surface area (Å²) in [6, 6.07) is 5.19. The number of thioether (sulfide) groups is 1. The Morgan fingerprint density at radius 2 is 1.93 bits per heavy atom. The summed E-state index contributed by atoms with van der Waals surface area (Å²) in [7, 11) is 1.47. The van der Waals surface area contributed by atoms with E-state index in [4.69, 9.17) is 5.11 Å². The second kappa shape index (κ2) is 10.2. The number of carbonyl (C=O) groups excluding carboxylic acids is 1. The summed E-state index contributed by atoms with van der Waals surface area (Å²) in [5, 5.41) is 16.1. The summed E-state index contributed by atoms with van der Waals surface area (Å²) in [6.45, 7) is 1.11. The lowest BCUT2D eigenvalue weighted by atomic mass is 10.2. The summed E-state index contributed by atoms with van der Waals surface area (Å²) in [4.78, 5) is 38.3. The highest BCUT2D eigenvalue weighted by Gasteiger charge is 2.15. The molecule has 2 aromatic heterocycles. The number of thiazole rings is 1. The molecule has 0 unspecified atom stereocenters. The first kappa shape index (κ1) is 21.8. The molecule has 2 heterocycles. The minimum absolute atomic E-state index is 0.332. The third-order valence-electron chi connectivity index (χ3n) is 4.13. The number of anilines is 2. The summed E-state index contributed by atoms with van der Waals surface area (Å²) in [6.07, 6.45) is 6.42. The first-order valence-corrected chi connectivity index (χ1v) is 11.2. The van der Waals surface area contributed by atoms with E-state index in [2.05, 4.69) is 25.6 Å². The number of hydrogen-bond donors (Lipinski definition) is 3. The lowest BCUT2D eigenvalue weighted by molar-refractivity contribution is -0.137. The number of likely N-dealkylation sites (N-methyl/N-ethyl adjacent to an activating group) is 1. The Kier molecular flexibility index (Phi) is 7.41. The molecule has 0 spiro atoms. The maximum absolute atomic E-state index is 12.3. The molecule has 158 valence electrons. The van der Waals surface area contributed by atoms with Crippen molar-refractivity contribution in [3.63, 3.8) is 0 Å². The lowest BCUT2D eigenvalue weighted by Crippen LogP contribution is -2.31. The Bertz CT molecular complexity index is 1020. The molecule has 3 N–H and O–H groups in total. The molecule has 0 aliphatic rings. The van der Waals surface area contributed by atoms with Crippen LogP contribution in [0.1, 0.15) is 16.8 Å². The van der Waals surface area contributed by atoms with Gasteiger partial charge in [0.25, 0.3) is 5.91 Å². The maximum Gasteiger partial charge on any atom is 0.323 e. The Morgan fingerprint density at radius 3 is 2.63 bits per heavy atom. The second-order valence-electron chi connectivity index (χ2n) is 6.41. The molecule has 11 heteroatoms. The summed E-state index contributed by atoms with van der Waals surface area (Å²) in [5.41, 5.74) is 1.23. The van der Waals surface area contributed by atoms with Crippen LogP contribution in [0.15, 0.2) is 35.5 Å². The number of aliphatic carboxylic acids is 1. The number of nitrogens with zero attached hydrogens (tertiary/aromatic N) is 4. The van der Waals surface area contributed by atoms with Gasteiger partial charge in [-0.2, -0.15) is 0 Å².